The number of halogens is 2. The summed E-state index contributed by atoms with van der Waals surface area (Å²) in [6.07, 6.45) is 2.24. The number of nitrogens with zero attached hydrogens (tertiary/aromatic N) is 1. The molecule has 0 saturated carbocycles. The van der Waals surface area contributed by atoms with Crippen molar-refractivity contribution in [3.05, 3.63) is 38.3 Å². The Kier molecular flexibility index (Phi) is 7.25. The van der Waals surface area contributed by atoms with Gasteiger partial charge in [0.15, 0.2) is 0 Å². The van der Waals surface area contributed by atoms with Gasteiger partial charge in [-0.05, 0) is 31.9 Å². The smallest absolute Gasteiger partial charge is 0.270 e. The first-order valence-corrected chi connectivity index (χ1v) is 7.72. The highest BCUT2D eigenvalue weighted by Gasteiger charge is 2.22. The lowest BCUT2D eigenvalue weighted by molar-refractivity contribution is -0.384. The number of carbonyl (C=O) groups excluding carboxylic acids is 1. The van der Waals surface area contributed by atoms with Gasteiger partial charge < -0.3 is 10.6 Å². The molecule has 2 N–H and O–H groups in total. The maximum Gasteiger partial charge on any atom is 0.270 e. The van der Waals surface area contributed by atoms with E-state index in [-0.39, 0.29) is 42.5 Å². The monoisotopic (exact) mass is 391 g/mol. The van der Waals surface area contributed by atoms with Crippen LogP contribution >= 0.6 is 28.3 Å². The number of hydrogen-bond acceptors (Lipinski definition) is 4. The lowest BCUT2D eigenvalue weighted by Gasteiger charge is -2.30. The second kappa shape index (κ2) is 8.45. The zero-order valence-corrected chi connectivity index (χ0v) is 14.6. The second-order valence-corrected chi connectivity index (χ2v) is 6.12. The van der Waals surface area contributed by atoms with E-state index in [1.54, 1.807) is 6.07 Å². The summed E-state index contributed by atoms with van der Waals surface area (Å²) >= 11 is 3.28. The summed E-state index contributed by atoms with van der Waals surface area (Å²) in [5.41, 5.74) is 0.755. The largest absolute Gasteiger partial charge is 0.352 e. The van der Waals surface area contributed by atoms with Crippen LogP contribution in [0.5, 0.6) is 0 Å². The third kappa shape index (κ3) is 4.93. The summed E-state index contributed by atoms with van der Waals surface area (Å²) in [4.78, 5) is 22.3. The van der Waals surface area contributed by atoms with E-state index >= 15 is 0 Å². The van der Waals surface area contributed by atoms with E-state index in [0.29, 0.717) is 4.47 Å². The third-order valence-corrected chi connectivity index (χ3v) is 4.44. The van der Waals surface area contributed by atoms with Crippen LogP contribution in [0.25, 0.3) is 0 Å². The number of nitro groups is 1. The SMILES string of the molecule is CC1NCCCC1NC(=O)Cc1ccc([N+](=O)[O-])cc1Br.Cl. The van der Waals surface area contributed by atoms with Gasteiger partial charge in [-0.25, -0.2) is 0 Å². The first kappa shape index (κ1) is 18.9. The van der Waals surface area contributed by atoms with Crippen molar-refractivity contribution in [2.75, 3.05) is 6.54 Å². The summed E-state index contributed by atoms with van der Waals surface area (Å²) in [6.45, 7) is 3.05. The van der Waals surface area contributed by atoms with Gasteiger partial charge in [0.2, 0.25) is 5.91 Å². The van der Waals surface area contributed by atoms with E-state index in [1.807, 2.05) is 0 Å². The number of benzene rings is 1. The zero-order valence-electron chi connectivity index (χ0n) is 12.2. The number of amides is 1. The van der Waals surface area contributed by atoms with E-state index < -0.39 is 4.92 Å². The van der Waals surface area contributed by atoms with Crippen LogP contribution in [0.1, 0.15) is 25.3 Å². The maximum atomic E-state index is 12.1. The molecule has 2 atom stereocenters. The molecule has 1 aromatic carbocycles. The van der Waals surface area contributed by atoms with Crippen molar-refractivity contribution < 1.29 is 9.72 Å². The van der Waals surface area contributed by atoms with Crippen molar-refractivity contribution in [1.82, 2.24) is 10.6 Å². The highest BCUT2D eigenvalue weighted by atomic mass is 79.9. The van der Waals surface area contributed by atoms with Crippen LogP contribution in [0.4, 0.5) is 5.69 Å². The van der Waals surface area contributed by atoms with E-state index in [2.05, 4.69) is 33.5 Å². The molecule has 0 bridgehead atoms. The number of piperidine rings is 1. The summed E-state index contributed by atoms with van der Waals surface area (Å²) < 4.78 is 0.585. The molecule has 22 heavy (non-hydrogen) atoms. The molecule has 0 aromatic heterocycles. The molecular formula is C14H19BrClN3O3. The topological polar surface area (TPSA) is 84.3 Å². The third-order valence-electron chi connectivity index (χ3n) is 3.71. The van der Waals surface area contributed by atoms with Crippen LogP contribution < -0.4 is 10.6 Å². The average molecular weight is 393 g/mol. The second-order valence-electron chi connectivity index (χ2n) is 5.27. The highest BCUT2D eigenvalue weighted by Crippen LogP contribution is 2.23. The number of nitro benzene ring substituents is 1. The molecule has 1 aromatic rings. The first-order valence-electron chi connectivity index (χ1n) is 6.93. The van der Waals surface area contributed by atoms with Crippen molar-refractivity contribution in [1.29, 1.82) is 0 Å². The molecule has 8 heteroatoms. The fourth-order valence-corrected chi connectivity index (χ4v) is 2.97. The van der Waals surface area contributed by atoms with Gasteiger partial charge in [-0.1, -0.05) is 22.0 Å². The number of rotatable bonds is 4. The Bertz CT molecular complexity index is 556. The Hall–Kier alpha value is -1.18. The number of carbonyl (C=O) groups is 1. The molecular weight excluding hydrogens is 374 g/mol. The quantitative estimate of drug-likeness (QED) is 0.609. The number of hydrogen-bond donors (Lipinski definition) is 2. The maximum absolute atomic E-state index is 12.1. The molecule has 2 unspecified atom stereocenters. The minimum Gasteiger partial charge on any atom is -0.352 e. The molecule has 1 heterocycles. The Morgan fingerprint density at radius 1 is 1.55 bits per heavy atom. The summed E-state index contributed by atoms with van der Waals surface area (Å²) in [6, 6.07) is 4.86. The fraction of sp³-hybridized carbons (Fsp3) is 0.500. The van der Waals surface area contributed by atoms with Gasteiger partial charge in [0, 0.05) is 28.7 Å². The molecule has 1 fully saturated rings. The standard InChI is InChI=1S/C14H18BrN3O3.ClH/c1-9-13(3-2-6-16-9)17-14(19)7-10-4-5-11(18(20)21)8-12(10)15;/h4-5,8-9,13,16H,2-3,6-7H2,1H3,(H,17,19);1H. The molecule has 2 rings (SSSR count). The van der Waals surface area contributed by atoms with Crippen LogP contribution in [0, 0.1) is 10.1 Å². The molecule has 0 radical (unpaired) electrons. The van der Waals surface area contributed by atoms with Gasteiger partial charge in [0.05, 0.1) is 11.3 Å². The van der Waals surface area contributed by atoms with Gasteiger partial charge in [-0.2, -0.15) is 0 Å². The molecule has 0 aliphatic carbocycles. The van der Waals surface area contributed by atoms with Crippen LogP contribution in [0.3, 0.4) is 0 Å². The van der Waals surface area contributed by atoms with Crippen molar-refractivity contribution >= 4 is 39.9 Å². The van der Waals surface area contributed by atoms with Crippen LogP contribution in [-0.2, 0) is 11.2 Å². The summed E-state index contributed by atoms with van der Waals surface area (Å²) in [5.74, 6) is -0.0647. The Morgan fingerprint density at radius 3 is 2.86 bits per heavy atom. The highest BCUT2D eigenvalue weighted by molar-refractivity contribution is 9.10. The van der Waals surface area contributed by atoms with E-state index in [0.717, 1.165) is 24.9 Å². The van der Waals surface area contributed by atoms with Crippen molar-refractivity contribution in [3.63, 3.8) is 0 Å². The lowest BCUT2D eigenvalue weighted by atomic mass is 9.99. The lowest BCUT2D eigenvalue weighted by Crippen LogP contribution is -2.52. The molecule has 122 valence electrons. The van der Waals surface area contributed by atoms with Gasteiger partial charge in [0.25, 0.3) is 5.69 Å². The van der Waals surface area contributed by atoms with Gasteiger partial charge in [-0.15, -0.1) is 12.4 Å². The van der Waals surface area contributed by atoms with Gasteiger partial charge in [-0.3, -0.25) is 14.9 Å². The molecule has 0 spiro atoms. The normalized spacial score (nSPS) is 20.8. The van der Waals surface area contributed by atoms with Crippen molar-refractivity contribution in [3.8, 4) is 0 Å². The van der Waals surface area contributed by atoms with Gasteiger partial charge >= 0.3 is 0 Å². The van der Waals surface area contributed by atoms with Crippen LogP contribution in [0.2, 0.25) is 0 Å². The molecule has 1 aliphatic heterocycles. The van der Waals surface area contributed by atoms with E-state index in [4.69, 9.17) is 0 Å². The van der Waals surface area contributed by atoms with Crippen LogP contribution in [-0.4, -0.2) is 29.5 Å². The van der Waals surface area contributed by atoms with Crippen LogP contribution in [0.15, 0.2) is 22.7 Å². The minimum absolute atomic E-state index is 0. The Labute approximate surface area is 143 Å². The fourth-order valence-electron chi connectivity index (χ4n) is 2.47. The number of nitrogens with one attached hydrogen (secondary N) is 2. The summed E-state index contributed by atoms with van der Waals surface area (Å²) in [7, 11) is 0. The average Bonchev–Trinajstić information content (AvgIpc) is 2.43. The van der Waals surface area contributed by atoms with Crippen molar-refractivity contribution in [2.24, 2.45) is 0 Å². The Balaban J connectivity index is 0.00000242. The van der Waals surface area contributed by atoms with Crippen molar-refractivity contribution in [2.45, 2.75) is 38.3 Å². The van der Waals surface area contributed by atoms with E-state index in [1.165, 1.54) is 12.1 Å². The predicted molar refractivity (Wildman–Crippen MR) is 90.4 cm³/mol. The van der Waals surface area contributed by atoms with E-state index in [9.17, 15) is 14.9 Å². The predicted octanol–water partition coefficient (Wildman–Crippen LogP) is 2.58. The molecule has 1 amide bonds. The minimum atomic E-state index is -0.454. The number of non-ortho nitro benzene ring substituents is 1. The molecule has 1 aliphatic rings. The summed E-state index contributed by atoms with van der Waals surface area (Å²) in [5, 5.41) is 17.0. The Morgan fingerprint density at radius 2 is 2.27 bits per heavy atom. The first-order chi connectivity index (χ1) is 9.97. The molecule has 6 nitrogen and oxygen atoms in total. The molecule has 1 saturated heterocycles. The zero-order chi connectivity index (χ0) is 15.4. The van der Waals surface area contributed by atoms with Gasteiger partial charge in [0.1, 0.15) is 0 Å².